The first-order valence-electron chi connectivity index (χ1n) is 17.0. The van der Waals surface area contributed by atoms with Gasteiger partial charge >= 0.3 is 0 Å². The van der Waals surface area contributed by atoms with Crippen molar-refractivity contribution in [3.8, 4) is 17.3 Å². The number of nitrogens with zero attached hydrogens (tertiary/aromatic N) is 4. The number of aromatic nitrogens is 2. The zero-order valence-electron chi connectivity index (χ0n) is 29.4. The molecular weight excluding hydrogens is 828 g/mol. The molecule has 0 fully saturated rings. The van der Waals surface area contributed by atoms with Crippen molar-refractivity contribution in [2.24, 2.45) is 0 Å². The third-order valence-electron chi connectivity index (χ3n) is 9.58. The second-order valence-corrected chi connectivity index (χ2v) is 16.1. The van der Waals surface area contributed by atoms with Crippen LogP contribution in [0.25, 0.3) is 47.8 Å². The second-order valence-electron chi connectivity index (χ2n) is 15.0. The first kappa shape index (κ1) is 33.5. The number of para-hydroxylation sites is 2. The van der Waals surface area contributed by atoms with Gasteiger partial charge in [0.1, 0.15) is 5.82 Å². The molecule has 0 unspecified atom stereocenters. The van der Waals surface area contributed by atoms with Gasteiger partial charge in [-0.05, 0) is 67.5 Å². The van der Waals surface area contributed by atoms with Gasteiger partial charge in [0.25, 0.3) is 0 Å². The van der Waals surface area contributed by atoms with Gasteiger partial charge in [0.2, 0.25) is 0 Å². The Morgan fingerprint density at radius 3 is 2.24 bits per heavy atom. The van der Waals surface area contributed by atoms with E-state index in [1.807, 2.05) is 35.7 Å². The topological polar surface area (TPSA) is 33.5 Å². The summed E-state index contributed by atoms with van der Waals surface area (Å²) in [7, 11) is 0. The van der Waals surface area contributed by atoms with Gasteiger partial charge < -0.3 is 19.1 Å². The minimum Gasteiger partial charge on any atom is -0.509 e. The predicted octanol–water partition coefficient (Wildman–Crippen LogP) is 12.1. The van der Waals surface area contributed by atoms with E-state index in [0.29, 0.717) is 11.5 Å². The number of anilines is 3. The fourth-order valence-electron chi connectivity index (χ4n) is 7.07. The molecular formula is C44H37N4OPtS-3. The number of hydrogen-bond donors (Lipinski definition) is 0. The van der Waals surface area contributed by atoms with Crippen LogP contribution in [0.15, 0.2) is 109 Å². The molecule has 5 nitrogen and oxygen atoms in total. The third-order valence-corrected chi connectivity index (χ3v) is 10.8. The molecule has 1 aliphatic rings. The van der Waals surface area contributed by atoms with Gasteiger partial charge in [-0.15, -0.1) is 52.7 Å². The van der Waals surface area contributed by atoms with E-state index in [1.165, 1.54) is 36.8 Å². The summed E-state index contributed by atoms with van der Waals surface area (Å²) < 4.78 is 11.4. The summed E-state index contributed by atoms with van der Waals surface area (Å²) >= 11 is 1.83. The molecule has 0 N–H and O–H groups in total. The molecule has 0 saturated carbocycles. The molecule has 0 aliphatic carbocycles. The molecule has 0 radical (unpaired) electrons. The van der Waals surface area contributed by atoms with E-state index in [4.69, 9.17) is 9.72 Å². The molecule has 0 bridgehead atoms. The Hall–Kier alpha value is -4.64. The van der Waals surface area contributed by atoms with Crippen molar-refractivity contribution < 1.29 is 25.8 Å². The molecule has 0 spiro atoms. The summed E-state index contributed by atoms with van der Waals surface area (Å²) in [6.07, 6.45) is 1.92. The van der Waals surface area contributed by atoms with Gasteiger partial charge in [-0.1, -0.05) is 68.8 Å². The minimum atomic E-state index is -0.0789. The fraction of sp³-hybridized carbons (Fsp3) is 0.182. The molecule has 3 aromatic heterocycles. The first-order valence-corrected chi connectivity index (χ1v) is 17.9. The Morgan fingerprint density at radius 2 is 1.43 bits per heavy atom. The van der Waals surface area contributed by atoms with Crippen LogP contribution >= 0.6 is 11.3 Å². The summed E-state index contributed by atoms with van der Waals surface area (Å²) in [6.45, 7) is 15.5. The van der Waals surface area contributed by atoms with Gasteiger partial charge in [-0.25, -0.2) is 4.98 Å². The molecule has 0 saturated heterocycles. The molecule has 4 heterocycles. The Balaban J connectivity index is 0.00000374. The summed E-state index contributed by atoms with van der Waals surface area (Å²) in [5.41, 5.74) is 6.39. The SMILES string of the molecule is CC(C)(C)c1ccnc(-n2c3[c-]c(Oc4[c-]c(N5[CH-]N(C(C)(C)C)c6ccccc65)ccc4)ccc3c3ccc4c5ccccc5sc4c32)c1.[Pt]. The number of fused-ring (bicyclic) bond motifs is 8. The molecule has 5 aromatic carbocycles. The van der Waals surface area contributed by atoms with E-state index < -0.39 is 0 Å². The van der Waals surface area contributed by atoms with E-state index in [0.717, 1.165) is 33.6 Å². The van der Waals surface area contributed by atoms with Crippen molar-refractivity contribution in [2.75, 3.05) is 9.80 Å². The van der Waals surface area contributed by atoms with Crippen LogP contribution in [0.4, 0.5) is 17.1 Å². The molecule has 0 atom stereocenters. The van der Waals surface area contributed by atoms with Crippen LogP contribution in [-0.4, -0.2) is 15.1 Å². The number of ether oxygens (including phenoxy) is 1. The molecule has 8 aromatic rings. The van der Waals surface area contributed by atoms with E-state index >= 15 is 0 Å². The number of benzene rings is 5. The summed E-state index contributed by atoms with van der Waals surface area (Å²) in [6, 6.07) is 43.4. The van der Waals surface area contributed by atoms with Crippen LogP contribution in [0.5, 0.6) is 11.5 Å². The van der Waals surface area contributed by atoms with Crippen molar-refractivity contribution in [3.63, 3.8) is 0 Å². The maximum absolute atomic E-state index is 6.57. The monoisotopic (exact) mass is 864 g/mol. The van der Waals surface area contributed by atoms with E-state index in [2.05, 4.69) is 160 Å². The number of pyridine rings is 1. The quantitative estimate of drug-likeness (QED) is 0.165. The Bertz CT molecular complexity index is 2610. The van der Waals surface area contributed by atoms with Crippen molar-refractivity contribution in [3.05, 3.63) is 134 Å². The van der Waals surface area contributed by atoms with E-state index in [-0.39, 0.29) is 32.0 Å². The molecule has 51 heavy (non-hydrogen) atoms. The van der Waals surface area contributed by atoms with Crippen LogP contribution in [0.2, 0.25) is 0 Å². The van der Waals surface area contributed by atoms with E-state index in [1.54, 1.807) is 0 Å². The predicted molar refractivity (Wildman–Crippen MR) is 209 cm³/mol. The van der Waals surface area contributed by atoms with Crippen molar-refractivity contribution >= 4 is 70.4 Å². The van der Waals surface area contributed by atoms with Crippen molar-refractivity contribution in [1.29, 1.82) is 0 Å². The first-order chi connectivity index (χ1) is 24.0. The average molecular weight is 865 g/mol. The Labute approximate surface area is 317 Å². The largest absolute Gasteiger partial charge is 0.509 e. The van der Waals surface area contributed by atoms with Gasteiger partial charge in [0.15, 0.2) is 0 Å². The summed E-state index contributed by atoms with van der Waals surface area (Å²) in [5.74, 6) is 2.12. The minimum absolute atomic E-state index is 0. The maximum atomic E-state index is 6.57. The zero-order chi connectivity index (χ0) is 34.4. The molecule has 9 rings (SSSR count). The van der Waals surface area contributed by atoms with Gasteiger partial charge in [-0.2, -0.15) is 18.8 Å². The van der Waals surface area contributed by atoms with Gasteiger partial charge in [-0.3, -0.25) is 0 Å². The zero-order valence-corrected chi connectivity index (χ0v) is 32.5. The Kier molecular flexibility index (Phi) is 8.05. The van der Waals surface area contributed by atoms with Crippen molar-refractivity contribution in [2.45, 2.75) is 52.5 Å². The second kappa shape index (κ2) is 12.2. The van der Waals surface area contributed by atoms with Crippen LogP contribution in [0.3, 0.4) is 0 Å². The van der Waals surface area contributed by atoms with Crippen LogP contribution < -0.4 is 14.5 Å². The molecule has 258 valence electrons. The summed E-state index contributed by atoms with van der Waals surface area (Å²) in [5, 5.41) is 4.81. The normalized spacial score (nSPS) is 13.4. The van der Waals surface area contributed by atoms with E-state index in [9.17, 15) is 0 Å². The standard InChI is InChI=1S/C44H37N4OS.Pt/c1-43(2,3)28-22-23-45-40(24-28)48-38-26-31(18-19-32(38)34-20-21-35-33-14-7-10-17-39(33)50-42(35)41(34)48)49-30-13-11-12-29(25-30)46-27-47(44(4,5)6)37-16-9-8-15-36(37)46;/h7-24,27H,1-6H3;/q-3;. The number of rotatable bonds is 4. The third kappa shape index (κ3) is 5.60. The van der Waals surface area contributed by atoms with Gasteiger partial charge in [0, 0.05) is 71.1 Å². The molecule has 1 aliphatic heterocycles. The molecule has 0 amide bonds. The van der Waals surface area contributed by atoms with Crippen LogP contribution in [0, 0.1) is 18.8 Å². The van der Waals surface area contributed by atoms with Crippen molar-refractivity contribution in [1.82, 2.24) is 9.55 Å². The number of hydrogen-bond acceptors (Lipinski definition) is 5. The summed E-state index contributed by atoms with van der Waals surface area (Å²) in [4.78, 5) is 9.44. The number of thiophene rings is 1. The Morgan fingerprint density at radius 1 is 0.706 bits per heavy atom. The maximum Gasteiger partial charge on any atom is 0.135 e. The van der Waals surface area contributed by atoms with Crippen LogP contribution in [-0.2, 0) is 26.5 Å². The fourth-order valence-corrected chi connectivity index (χ4v) is 8.31. The van der Waals surface area contributed by atoms with Crippen LogP contribution in [0.1, 0.15) is 47.1 Å². The molecule has 7 heteroatoms. The smallest absolute Gasteiger partial charge is 0.135 e. The van der Waals surface area contributed by atoms with Gasteiger partial charge in [0.05, 0.1) is 10.2 Å². The average Bonchev–Trinajstić information content (AvgIpc) is 3.78.